The Balaban J connectivity index is 2.20. The fourth-order valence-electron chi connectivity index (χ4n) is 1.92. The number of rotatable bonds is 5. The van der Waals surface area contributed by atoms with Gasteiger partial charge in [0.25, 0.3) is 0 Å². The van der Waals surface area contributed by atoms with Crippen LogP contribution in [0.2, 0.25) is 0 Å². The molecular weight excluding hydrogens is 270 g/mol. The van der Waals surface area contributed by atoms with E-state index in [0.29, 0.717) is 18.6 Å². The maximum Gasteiger partial charge on any atom is 0.326 e. The standard InChI is InChI=1S/C12H15NO5S/c14-12(15)11(9-4-2-1-3-5-9)13-19(16,17)10-6-7-18-8-10/h1-5,10-11,13H,6-8H2,(H,14,15)/t10?,11-/m1/s1. The summed E-state index contributed by atoms with van der Waals surface area (Å²) in [6, 6.07) is 6.95. The minimum absolute atomic E-state index is 0.108. The van der Waals surface area contributed by atoms with E-state index in [1.165, 1.54) is 0 Å². The molecule has 2 N–H and O–H groups in total. The zero-order chi connectivity index (χ0) is 13.9. The first-order valence-electron chi connectivity index (χ1n) is 5.87. The van der Waals surface area contributed by atoms with Crippen molar-refractivity contribution >= 4 is 16.0 Å². The number of ether oxygens (including phenoxy) is 1. The summed E-state index contributed by atoms with van der Waals surface area (Å²) in [5.74, 6) is -1.23. The first kappa shape index (κ1) is 14.0. The number of carboxylic acid groups (broad SMARTS) is 1. The number of carbonyl (C=O) groups is 1. The van der Waals surface area contributed by atoms with Crippen LogP contribution in [0.25, 0.3) is 0 Å². The summed E-state index contributed by atoms with van der Waals surface area (Å²) in [7, 11) is -3.71. The molecule has 0 saturated carbocycles. The minimum atomic E-state index is -3.71. The van der Waals surface area contributed by atoms with E-state index in [4.69, 9.17) is 4.74 Å². The van der Waals surface area contributed by atoms with Gasteiger partial charge in [0.05, 0.1) is 6.61 Å². The van der Waals surface area contributed by atoms with Crippen molar-refractivity contribution < 1.29 is 23.1 Å². The van der Waals surface area contributed by atoms with Gasteiger partial charge < -0.3 is 9.84 Å². The van der Waals surface area contributed by atoms with Crippen LogP contribution in [0.3, 0.4) is 0 Å². The molecule has 1 aromatic carbocycles. The third-order valence-electron chi connectivity index (χ3n) is 2.99. The van der Waals surface area contributed by atoms with E-state index in [9.17, 15) is 18.3 Å². The van der Waals surface area contributed by atoms with E-state index in [1.54, 1.807) is 30.3 Å². The van der Waals surface area contributed by atoms with Crippen molar-refractivity contribution in [3.63, 3.8) is 0 Å². The summed E-state index contributed by atoms with van der Waals surface area (Å²) in [5, 5.41) is 8.49. The van der Waals surface area contributed by atoms with E-state index in [-0.39, 0.29) is 6.61 Å². The van der Waals surface area contributed by atoms with Gasteiger partial charge in [-0.3, -0.25) is 4.79 Å². The number of aliphatic carboxylic acids is 1. The highest BCUT2D eigenvalue weighted by Crippen LogP contribution is 2.18. The van der Waals surface area contributed by atoms with Gasteiger partial charge in [-0.05, 0) is 12.0 Å². The largest absolute Gasteiger partial charge is 0.480 e. The van der Waals surface area contributed by atoms with Crippen molar-refractivity contribution in [1.29, 1.82) is 0 Å². The van der Waals surface area contributed by atoms with Gasteiger partial charge in [0, 0.05) is 6.61 Å². The average molecular weight is 285 g/mol. The maximum absolute atomic E-state index is 12.1. The van der Waals surface area contributed by atoms with Crippen LogP contribution >= 0.6 is 0 Å². The second kappa shape index (κ2) is 5.68. The van der Waals surface area contributed by atoms with Crippen LogP contribution in [0.1, 0.15) is 18.0 Å². The van der Waals surface area contributed by atoms with Crippen LogP contribution in [0.5, 0.6) is 0 Å². The Morgan fingerprint density at radius 3 is 2.58 bits per heavy atom. The quantitative estimate of drug-likeness (QED) is 0.822. The van der Waals surface area contributed by atoms with Crippen LogP contribution in [0.15, 0.2) is 30.3 Å². The van der Waals surface area contributed by atoms with Gasteiger partial charge in [0.2, 0.25) is 10.0 Å². The Kier molecular flexibility index (Phi) is 4.18. The number of nitrogens with one attached hydrogen (secondary N) is 1. The van der Waals surface area contributed by atoms with Gasteiger partial charge in [0.1, 0.15) is 11.3 Å². The van der Waals surface area contributed by atoms with Gasteiger partial charge >= 0.3 is 5.97 Å². The summed E-state index contributed by atoms with van der Waals surface area (Å²) in [6.07, 6.45) is 0.385. The van der Waals surface area contributed by atoms with Gasteiger partial charge in [-0.1, -0.05) is 30.3 Å². The Morgan fingerprint density at radius 2 is 2.05 bits per heavy atom. The van der Waals surface area contributed by atoms with E-state index in [0.717, 1.165) is 0 Å². The molecule has 1 fully saturated rings. The predicted octanol–water partition coefficient (Wildman–Crippen LogP) is 0.521. The predicted molar refractivity (Wildman–Crippen MR) is 68.1 cm³/mol. The topological polar surface area (TPSA) is 92.7 Å². The molecule has 0 amide bonds. The molecule has 0 bridgehead atoms. The zero-order valence-corrected chi connectivity index (χ0v) is 11.0. The van der Waals surface area contributed by atoms with Crippen molar-refractivity contribution in [3.05, 3.63) is 35.9 Å². The summed E-state index contributed by atoms with van der Waals surface area (Å²) in [5.41, 5.74) is 0.400. The molecule has 1 aliphatic heterocycles. The highest BCUT2D eigenvalue weighted by atomic mass is 32.2. The molecule has 19 heavy (non-hydrogen) atoms. The highest BCUT2D eigenvalue weighted by molar-refractivity contribution is 7.90. The number of benzene rings is 1. The molecule has 0 spiro atoms. The van der Waals surface area contributed by atoms with Gasteiger partial charge in [-0.25, -0.2) is 8.42 Å². The third-order valence-corrected chi connectivity index (χ3v) is 4.80. The summed E-state index contributed by atoms with van der Waals surface area (Å²) in [6.45, 7) is 0.491. The molecule has 2 atom stereocenters. The van der Waals surface area contributed by atoms with Gasteiger partial charge in [-0.2, -0.15) is 4.72 Å². The van der Waals surface area contributed by atoms with Crippen LogP contribution < -0.4 is 4.72 Å². The van der Waals surface area contributed by atoms with Crippen molar-refractivity contribution in [2.45, 2.75) is 17.7 Å². The lowest BCUT2D eigenvalue weighted by Gasteiger charge is -2.17. The van der Waals surface area contributed by atoms with Gasteiger partial charge in [-0.15, -0.1) is 0 Å². The molecule has 0 aromatic heterocycles. The second-order valence-electron chi connectivity index (χ2n) is 4.33. The minimum Gasteiger partial charge on any atom is -0.480 e. The van der Waals surface area contributed by atoms with Crippen LogP contribution in [-0.2, 0) is 19.6 Å². The van der Waals surface area contributed by atoms with Crippen LogP contribution in [0.4, 0.5) is 0 Å². The van der Waals surface area contributed by atoms with Crippen LogP contribution in [-0.4, -0.2) is 38.0 Å². The van der Waals surface area contributed by atoms with E-state index in [2.05, 4.69) is 4.72 Å². The average Bonchev–Trinajstić information content (AvgIpc) is 2.91. The summed E-state index contributed by atoms with van der Waals surface area (Å²) >= 11 is 0. The van der Waals surface area contributed by atoms with E-state index in [1.807, 2.05) is 0 Å². The molecule has 2 rings (SSSR count). The normalized spacial score (nSPS) is 21.2. The Bertz CT molecular complexity index is 536. The van der Waals surface area contributed by atoms with Gasteiger partial charge in [0.15, 0.2) is 0 Å². The first-order chi connectivity index (χ1) is 9.00. The molecule has 0 aliphatic carbocycles. The molecule has 1 unspecified atom stereocenters. The highest BCUT2D eigenvalue weighted by Gasteiger charge is 2.34. The maximum atomic E-state index is 12.1. The lowest BCUT2D eigenvalue weighted by molar-refractivity contribution is -0.139. The summed E-state index contributed by atoms with van der Waals surface area (Å²) < 4.78 is 31.4. The molecular formula is C12H15NO5S. The number of hydrogen-bond acceptors (Lipinski definition) is 4. The van der Waals surface area contributed by atoms with E-state index < -0.39 is 27.3 Å². The smallest absolute Gasteiger partial charge is 0.326 e. The fraction of sp³-hybridized carbons (Fsp3) is 0.417. The molecule has 0 radical (unpaired) electrons. The molecule has 1 heterocycles. The number of hydrogen-bond donors (Lipinski definition) is 2. The molecule has 1 aliphatic rings. The Morgan fingerprint density at radius 1 is 1.37 bits per heavy atom. The van der Waals surface area contributed by atoms with Crippen LogP contribution in [0, 0.1) is 0 Å². The molecule has 1 saturated heterocycles. The Hall–Kier alpha value is -1.44. The second-order valence-corrected chi connectivity index (χ2v) is 6.32. The molecule has 6 nitrogen and oxygen atoms in total. The van der Waals surface area contributed by atoms with Crippen molar-refractivity contribution in [1.82, 2.24) is 4.72 Å². The number of carboxylic acids is 1. The molecule has 104 valence electrons. The lowest BCUT2D eigenvalue weighted by atomic mass is 10.1. The zero-order valence-electron chi connectivity index (χ0n) is 10.2. The van der Waals surface area contributed by atoms with Crippen molar-refractivity contribution in [2.75, 3.05) is 13.2 Å². The van der Waals surface area contributed by atoms with E-state index >= 15 is 0 Å². The SMILES string of the molecule is O=C(O)[C@H](NS(=O)(=O)C1CCOC1)c1ccccc1. The lowest BCUT2D eigenvalue weighted by Crippen LogP contribution is -2.40. The summed E-state index contributed by atoms with van der Waals surface area (Å²) in [4.78, 5) is 11.2. The molecule has 1 aromatic rings. The molecule has 7 heteroatoms. The fourth-order valence-corrected chi connectivity index (χ4v) is 3.36. The third kappa shape index (κ3) is 3.31. The monoisotopic (exact) mass is 285 g/mol. The van der Waals surface area contributed by atoms with Crippen molar-refractivity contribution in [3.8, 4) is 0 Å². The first-order valence-corrected chi connectivity index (χ1v) is 7.42. The Labute approximate surface area is 111 Å². The number of sulfonamides is 1. The van der Waals surface area contributed by atoms with Crippen molar-refractivity contribution in [2.24, 2.45) is 0 Å².